The van der Waals surface area contributed by atoms with Gasteiger partial charge in [0, 0.05) is 24.8 Å². The summed E-state index contributed by atoms with van der Waals surface area (Å²) in [7, 11) is 0. The van der Waals surface area contributed by atoms with Crippen LogP contribution in [0.1, 0.15) is 0 Å². The fraction of sp³-hybridized carbons (Fsp3) is 0. The highest BCUT2D eigenvalue weighted by atomic mass is 15.2. The van der Waals surface area contributed by atoms with Gasteiger partial charge in [-0.3, -0.25) is 0 Å². The fourth-order valence-electron chi connectivity index (χ4n) is 0.770. The van der Waals surface area contributed by atoms with Gasteiger partial charge in [0.15, 0.2) is 0 Å². The first-order chi connectivity index (χ1) is 5.45. The van der Waals surface area contributed by atoms with E-state index in [-0.39, 0.29) is 0 Å². The minimum atomic E-state index is 1.67. The molecule has 2 aromatic rings. The lowest BCUT2D eigenvalue weighted by Gasteiger charge is -1.97. The third-order valence-corrected chi connectivity index (χ3v) is 1.24. The molecular formula is C7H6N4. The third-order valence-electron chi connectivity index (χ3n) is 1.24. The second kappa shape index (κ2) is 2.57. The quantitative estimate of drug-likeness (QED) is 0.617. The number of rotatable bonds is 2. The minimum absolute atomic E-state index is 1.67. The van der Waals surface area contributed by atoms with Crippen molar-refractivity contribution in [3.8, 4) is 0 Å². The Bertz CT molecular complexity index is 263. The maximum Gasteiger partial charge on any atom is 0.219 e. The van der Waals surface area contributed by atoms with Crippen LogP contribution >= 0.6 is 0 Å². The summed E-state index contributed by atoms with van der Waals surface area (Å²) >= 11 is 0. The maximum atomic E-state index is 3.87. The highest BCUT2D eigenvalue weighted by molar-refractivity contribution is 4.87. The molecule has 4 nitrogen and oxygen atoms in total. The molecule has 0 spiro atoms. The van der Waals surface area contributed by atoms with Crippen LogP contribution in [0.4, 0.5) is 0 Å². The Balaban J connectivity index is 2.14. The van der Waals surface area contributed by atoms with Crippen LogP contribution in [-0.2, 0) is 0 Å². The van der Waals surface area contributed by atoms with Crippen molar-refractivity contribution in [3.05, 3.63) is 44.1 Å². The van der Waals surface area contributed by atoms with E-state index in [0.29, 0.717) is 0 Å². The molecule has 0 aromatic carbocycles. The Morgan fingerprint density at radius 2 is 1.45 bits per heavy atom. The maximum absolute atomic E-state index is 3.87. The first-order valence-electron chi connectivity index (χ1n) is 3.18. The summed E-state index contributed by atoms with van der Waals surface area (Å²) < 4.78 is 3.45. The lowest BCUT2D eigenvalue weighted by molar-refractivity contribution is 0.799. The Morgan fingerprint density at radius 3 is 1.82 bits per heavy atom. The molecule has 2 heterocycles. The van der Waals surface area contributed by atoms with E-state index in [1.807, 2.05) is 0 Å². The summed E-state index contributed by atoms with van der Waals surface area (Å²) in [6.45, 7) is 2.97. The molecular weight excluding hydrogens is 140 g/mol. The summed E-state index contributed by atoms with van der Waals surface area (Å²) in [4.78, 5) is 7.74. The van der Waals surface area contributed by atoms with Crippen LogP contribution in [-0.4, -0.2) is 19.1 Å². The van der Waals surface area contributed by atoms with Crippen molar-refractivity contribution in [1.82, 2.24) is 19.1 Å². The van der Waals surface area contributed by atoms with Crippen LogP contribution < -0.4 is 0 Å². The molecule has 0 aliphatic rings. The van der Waals surface area contributed by atoms with E-state index >= 15 is 0 Å². The molecule has 54 valence electrons. The third kappa shape index (κ3) is 1.29. The van der Waals surface area contributed by atoms with Crippen molar-refractivity contribution in [2.24, 2.45) is 0 Å². The molecule has 2 rings (SSSR count). The largest absolute Gasteiger partial charge is 0.306 e. The van der Waals surface area contributed by atoms with Gasteiger partial charge in [0.1, 0.15) is 0 Å². The van der Waals surface area contributed by atoms with E-state index < -0.39 is 0 Å². The Labute approximate surface area is 64.1 Å². The molecule has 0 bridgehead atoms. The Kier molecular flexibility index (Phi) is 1.44. The van der Waals surface area contributed by atoms with E-state index in [1.165, 1.54) is 0 Å². The number of hydrogen-bond donors (Lipinski definition) is 0. The van der Waals surface area contributed by atoms with Gasteiger partial charge in [-0.25, -0.2) is 9.97 Å². The van der Waals surface area contributed by atoms with E-state index in [9.17, 15) is 0 Å². The normalized spacial score (nSPS) is 10.2. The molecule has 4 heteroatoms. The van der Waals surface area contributed by atoms with Crippen molar-refractivity contribution >= 4 is 0 Å². The van der Waals surface area contributed by atoms with Crippen LogP contribution in [0.2, 0.25) is 0 Å². The Morgan fingerprint density at radius 1 is 0.909 bits per heavy atom. The van der Waals surface area contributed by atoms with Gasteiger partial charge in [0.25, 0.3) is 0 Å². The van der Waals surface area contributed by atoms with Crippen LogP contribution in [0.25, 0.3) is 0 Å². The lowest BCUT2D eigenvalue weighted by atomic mass is 10.8. The number of hydrogen-bond acceptors (Lipinski definition) is 2. The van der Waals surface area contributed by atoms with Crippen LogP contribution in [0.3, 0.4) is 0 Å². The van der Waals surface area contributed by atoms with Crippen molar-refractivity contribution in [1.29, 1.82) is 0 Å². The summed E-state index contributed by atoms with van der Waals surface area (Å²) in [5.74, 6) is 0. The summed E-state index contributed by atoms with van der Waals surface area (Å²) in [5.41, 5.74) is 0. The van der Waals surface area contributed by atoms with E-state index in [0.717, 1.165) is 0 Å². The molecule has 0 amide bonds. The van der Waals surface area contributed by atoms with Crippen LogP contribution in [0.5, 0.6) is 0 Å². The number of nitrogens with zero attached hydrogens (tertiary/aromatic N) is 4. The molecule has 0 atom stereocenters. The van der Waals surface area contributed by atoms with Crippen molar-refractivity contribution in [3.63, 3.8) is 0 Å². The lowest BCUT2D eigenvalue weighted by Crippen LogP contribution is -1.99. The van der Waals surface area contributed by atoms with Gasteiger partial charge in [0.2, 0.25) is 6.67 Å². The molecule has 0 N–H and O–H groups in total. The molecule has 2 aromatic heterocycles. The van der Waals surface area contributed by atoms with Crippen LogP contribution in [0, 0.1) is 6.67 Å². The number of aromatic nitrogens is 4. The van der Waals surface area contributed by atoms with Gasteiger partial charge in [-0.1, -0.05) is 0 Å². The summed E-state index contributed by atoms with van der Waals surface area (Å²) in [6, 6.07) is 0. The van der Waals surface area contributed by atoms with Gasteiger partial charge in [-0.2, -0.15) is 0 Å². The van der Waals surface area contributed by atoms with Gasteiger partial charge in [-0.05, 0) is 0 Å². The van der Waals surface area contributed by atoms with E-state index in [1.54, 1.807) is 46.6 Å². The Hall–Kier alpha value is -1.58. The smallest absolute Gasteiger partial charge is 0.219 e. The number of imidazole rings is 2. The van der Waals surface area contributed by atoms with Crippen LogP contribution in [0.15, 0.2) is 37.4 Å². The van der Waals surface area contributed by atoms with Crippen molar-refractivity contribution in [2.45, 2.75) is 0 Å². The van der Waals surface area contributed by atoms with E-state index in [2.05, 4.69) is 16.6 Å². The average Bonchev–Trinajstić information content (AvgIpc) is 2.60. The van der Waals surface area contributed by atoms with Gasteiger partial charge in [-0.15, -0.1) is 0 Å². The van der Waals surface area contributed by atoms with Crippen molar-refractivity contribution in [2.75, 3.05) is 0 Å². The van der Waals surface area contributed by atoms with E-state index in [4.69, 9.17) is 0 Å². The molecule has 11 heavy (non-hydrogen) atoms. The first-order valence-corrected chi connectivity index (χ1v) is 3.18. The molecule has 0 saturated carbocycles. The van der Waals surface area contributed by atoms with Gasteiger partial charge in [0.05, 0.1) is 12.7 Å². The second-order valence-electron chi connectivity index (χ2n) is 2.04. The van der Waals surface area contributed by atoms with Crippen molar-refractivity contribution < 1.29 is 0 Å². The average molecular weight is 146 g/mol. The second-order valence-corrected chi connectivity index (χ2v) is 2.04. The summed E-state index contributed by atoms with van der Waals surface area (Å²) in [5, 5.41) is 0. The molecule has 0 aliphatic carbocycles. The fourth-order valence-corrected chi connectivity index (χ4v) is 0.770. The predicted molar refractivity (Wildman–Crippen MR) is 38.5 cm³/mol. The molecule has 2 radical (unpaired) electrons. The standard InChI is InChI=1S/C7H6N4/c1-3-10(5-8-1)7-11-4-2-9-6-11/h1-6H. The monoisotopic (exact) mass is 146 g/mol. The molecule has 0 unspecified atom stereocenters. The summed E-state index contributed by atoms with van der Waals surface area (Å²) in [6.07, 6.45) is 10.3. The highest BCUT2D eigenvalue weighted by Gasteiger charge is 1.92. The zero-order valence-electron chi connectivity index (χ0n) is 5.75. The SMILES string of the molecule is [C](n1ccnc1)n1ccnc1. The topological polar surface area (TPSA) is 35.6 Å². The molecule has 0 aliphatic heterocycles. The molecule has 0 fully saturated rings. The minimum Gasteiger partial charge on any atom is -0.306 e. The van der Waals surface area contributed by atoms with Gasteiger partial charge < -0.3 is 9.13 Å². The predicted octanol–water partition coefficient (Wildman–Crippen LogP) is 0.472. The highest BCUT2D eigenvalue weighted by Crippen LogP contribution is 1.92. The zero-order chi connectivity index (χ0) is 7.52. The molecule has 0 saturated heterocycles. The van der Waals surface area contributed by atoms with Gasteiger partial charge >= 0.3 is 0 Å². The first kappa shape index (κ1) is 6.15. The zero-order valence-corrected chi connectivity index (χ0v) is 5.75.